The molecular weight excluding hydrogens is 188 g/mol. The maximum atomic E-state index is 11.1. The van der Waals surface area contributed by atoms with Crippen LogP contribution in [0.15, 0.2) is 23.5 Å². The Kier molecular flexibility index (Phi) is 3.00. The lowest BCUT2D eigenvalue weighted by atomic mass is 10.1. The summed E-state index contributed by atoms with van der Waals surface area (Å²) in [6.45, 7) is 7.51. The van der Waals surface area contributed by atoms with Crippen molar-refractivity contribution in [1.82, 2.24) is 0 Å². The molecule has 1 rings (SSSR count). The molecule has 0 aliphatic rings. The molecule has 0 N–H and O–H groups in total. The van der Waals surface area contributed by atoms with E-state index >= 15 is 0 Å². The Morgan fingerprint density at radius 3 is 2.50 bits per heavy atom. The summed E-state index contributed by atoms with van der Waals surface area (Å²) >= 11 is 0. The molecule has 0 aliphatic carbocycles. The standard InChI is InChI=1S/C9H10OS2/c1-4-7(5-2)8-6(3)9(10)12-11-8/h4-5H,1H2,2-3H3/b7-5+. The molecular formula is C9H10OS2. The predicted octanol–water partition coefficient (Wildman–Crippen LogP) is 3.07. The van der Waals surface area contributed by atoms with Crippen molar-refractivity contribution in [2.45, 2.75) is 13.8 Å². The van der Waals surface area contributed by atoms with Gasteiger partial charge in [-0.3, -0.25) is 4.79 Å². The summed E-state index contributed by atoms with van der Waals surface area (Å²) < 4.78 is 0.163. The second kappa shape index (κ2) is 3.83. The Balaban J connectivity index is 3.28. The third-order valence-corrected chi connectivity index (χ3v) is 4.09. The van der Waals surface area contributed by atoms with E-state index in [-0.39, 0.29) is 4.74 Å². The lowest BCUT2D eigenvalue weighted by Gasteiger charge is -1.95. The molecule has 0 aliphatic heterocycles. The van der Waals surface area contributed by atoms with E-state index in [1.54, 1.807) is 6.08 Å². The van der Waals surface area contributed by atoms with Gasteiger partial charge in [-0.25, -0.2) is 0 Å². The molecule has 0 fully saturated rings. The number of hydrogen-bond donors (Lipinski definition) is 0. The molecule has 0 radical (unpaired) electrons. The SMILES string of the molecule is C=C/C(=C\C)c1ssc(=O)c1C. The zero-order chi connectivity index (χ0) is 9.14. The van der Waals surface area contributed by atoms with E-state index in [4.69, 9.17) is 0 Å². The Morgan fingerprint density at radius 1 is 1.50 bits per heavy atom. The molecule has 1 heterocycles. The first-order valence-corrected chi connectivity index (χ1v) is 5.74. The highest BCUT2D eigenvalue weighted by Crippen LogP contribution is 2.25. The van der Waals surface area contributed by atoms with Gasteiger partial charge in [0.25, 0.3) is 0 Å². The summed E-state index contributed by atoms with van der Waals surface area (Å²) in [5.74, 6) is 0. The highest BCUT2D eigenvalue weighted by molar-refractivity contribution is 7.68. The molecule has 1 aromatic heterocycles. The molecule has 0 amide bonds. The molecule has 1 aromatic rings. The average Bonchev–Trinajstić information content (AvgIpc) is 2.38. The lowest BCUT2D eigenvalue weighted by Crippen LogP contribution is -1.94. The molecule has 0 saturated carbocycles. The first-order chi connectivity index (χ1) is 5.70. The Morgan fingerprint density at radius 2 is 2.17 bits per heavy atom. The van der Waals surface area contributed by atoms with Crippen LogP contribution in [0.3, 0.4) is 0 Å². The monoisotopic (exact) mass is 198 g/mol. The van der Waals surface area contributed by atoms with E-state index in [2.05, 4.69) is 6.58 Å². The van der Waals surface area contributed by atoms with Gasteiger partial charge in [-0.2, -0.15) is 0 Å². The molecule has 12 heavy (non-hydrogen) atoms. The quantitative estimate of drug-likeness (QED) is 0.527. The molecule has 3 heteroatoms. The molecule has 0 atom stereocenters. The van der Waals surface area contributed by atoms with E-state index in [9.17, 15) is 4.79 Å². The van der Waals surface area contributed by atoms with Crippen LogP contribution in [0.25, 0.3) is 5.57 Å². The minimum absolute atomic E-state index is 0.163. The van der Waals surface area contributed by atoms with Gasteiger partial charge in [0, 0.05) is 5.56 Å². The van der Waals surface area contributed by atoms with Gasteiger partial charge < -0.3 is 0 Å². The normalized spacial score (nSPS) is 11.7. The topological polar surface area (TPSA) is 17.1 Å². The highest BCUT2D eigenvalue weighted by atomic mass is 32.9. The largest absolute Gasteiger partial charge is 0.277 e. The molecule has 0 spiro atoms. The van der Waals surface area contributed by atoms with Gasteiger partial charge in [-0.1, -0.05) is 29.1 Å². The van der Waals surface area contributed by atoms with Crippen molar-refractivity contribution in [3.05, 3.63) is 38.7 Å². The van der Waals surface area contributed by atoms with E-state index < -0.39 is 0 Å². The summed E-state index contributed by atoms with van der Waals surface area (Å²) in [5, 5.41) is 0. The van der Waals surface area contributed by atoms with Gasteiger partial charge in [0.1, 0.15) is 0 Å². The van der Waals surface area contributed by atoms with Crippen molar-refractivity contribution >= 4 is 26.3 Å². The van der Waals surface area contributed by atoms with Crippen molar-refractivity contribution in [3.63, 3.8) is 0 Å². The summed E-state index contributed by atoms with van der Waals surface area (Å²) in [5.41, 5.74) is 1.90. The van der Waals surface area contributed by atoms with Crippen molar-refractivity contribution < 1.29 is 0 Å². The molecule has 0 saturated heterocycles. The minimum Gasteiger partial charge on any atom is -0.277 e. The summed E-state index contributed by atoms with van der Waals surface area (Å²) in [7, 11) is 2.81. The van der Waals surface area contributed by atoms with Crippen LogP contribution in [0.4, 0.5) is 0 Å². The molecule has 64 valence electrons. The van der Waals surface area contributed by atoms with Crippen molar-refractivity contribution in [3.8, 4) is 0 Å². The Bertz CT molecular complexity index is 368. The van der Waals surface area contributed by atoms with E-state index in [1.165, 1.54) is 20.7 Å². The molecule has 0 unspecified atom stereocenters. The fourth-order valence-corrected chi connectivity index (χ4v) is 3.39. The number of hydrogen-bond acceptors (Lipinski definition) is 3. The van der Waals surface area contributed by atoms with Crippen LogP contribution >= 0.6 is 20.7 Å². The van der Waals surface area contributed by atoms with Crippen LogP contribution in [0.5, 0.6) is 0 Å². The lowest BCUT2D eigenvalue weighted by molar-refractivity contribution is 1.48. The fraction of sp³-hybridized carbons (Fsp3) is 0.222. The minimum atomic E-state index is 0.163. The van der Waals surface area contributed by atoms with Gasteiger partial charge in [0.15, 0.2) is 0 Å². The van der Waals surface area contributed by atoms with E-state index in [1.807, 2.05) is 19.9 Å². The van der Waals surface area contributed by atoms with Crippen LogP contribution in [0.1, 0.15) is 17.4 Å². The van der Waals surface area contributed by atoms with Gasteiger partial charge in [0.05, 0.1) is 4.88 Å². The summed E-state index contributed by atoms with van der Waals surface area (Å²) in [6, 6.07) is 0. The number of rotatable bonds is 2. The third kappa shape index (κ3) is 1.57. The fourth-order valence-electron chi connectivity index (χ4n) is 0.903. The molecule has 0 aromatic carbocycles. The molecule has 1 nitrogen and oxygen atoms in total. The van der Waals surface area contributed by atoms with Crippen LogP contribution in [0.2, 0.25) is 0 Å². The van der Waals surface area contributed by atoms with E-state index in [0.717, 1.165) is 16.0 Å². The highest BCUT2D eigenvalue weighted by Gasteiger charge is 2.07. The Hall–Kier alpha value is -0.670. The van der Waals surface area contributed by atoms with Crippen LogP contribution in [0, 0.1) is 6.92 Å². The maximum absolute atomic E-state index is 11.1. The second-order valence-corrected chi connectivity index (χ2v) is 4.47. The second-order valence-electron chi connectivity index (χ2n) is 2.36. The zero-order valence-corrected chi connectivity index (χ0v) is 8.72. The van der Waals surface area contributed by atoms with Gasteiger partial charge in [-0.15, -0.1) is 0 Å². The van der Waals surface area contributed by atoms with E-state index in [0.29, 0.717) is 0 Å². The predicted molar refractivity (Wildman–Crippen MR) is 57.1 cm³/mol. The number of allylic oxidation sites excluding steroid dienone is 3. The van der Waals surface area contributed by atoms with Crippen LogP contribution < -0.4 is 4.74 Å². The van der Waals surface area contributed by atoms with Gasteiger partial charge in [-0.05, 0) is 29.8 Å². The summed E-state index contributed by atoms with van der Waals surface area (Å²) in [6.07, 6.45) is 3.75. The van der Waals surface area contributed by atoms with Gasteiger partial charge >= 0.3 is 0 Å². The van der Waals surface area contributed by atoms with Crippen LogP contribution in [-0.4, -0.2) is 0 Å². The average molecular weight is 198 g/mol. The zero-order valence-electron chi connectivity index (χ0n) is 7.09. The van der Waals surface area contributed by atoms with Crippen molar-refractivity contribution in [2.75, 3.05) is 0 Å². The Labute approximate surface area is 79.1 Å². The third-order valence-electron chi connectivity index (χ3n) is 1.64. The smallest absolute Gasteiger partial charge is 0.246 e. The first-order valence-electron chi connectivity index (χ1n) is 3.59. The first kappa shape index (κ1) is 9.42. The van der Waals surface area contributed by atoms with Gasteiger partial charge in [0.2, 0.25) is 4.74 Å². The molecule has 0 bridgehead atoms. The maximum Gasteiger partial charge on any atom is 0.246 e. The summed E-state index contributed by atoms with van der Waals surface area (Å²) in [4.78, 5) is 12.2. The van der Waals surface area contributed by atoms with Crippen molar-refractivity contribution in [1.29, 1.82) is 0 Å². The van der Waals surface area contributed by atoms with Crippen molar-refractivity contribution in [2.24, 2.45) is 0 Å². The van der Waals surface area contributed by atoms with Crippen LogP contribution in [-0.2, 0) is 0 Å².